The van der Waals surface area contributed by atoms with Crippen molar-refractivity contribution in [3.05, 3.63) is 23.1 Å². The topological polar surface area (TPSA) is 9.23 Å². The Hall–Kier alpha value is -0.670. The fraction of sp³-hybridized carbons (Fsp3) is 0.200. The summed E-state index contributed by atoms with van der Waals surface area (Å²) >= 11 is 6.18. The molecule has 0 bridgehead atoms. The van der Waals surface area contributed by atoms with Gasteiger partial charge in [0.1, 0.15) is 5.75 Å². The molecule has 2 rings (SSSR count). The normalized spacial score (nSPS) is 10.7. The van der Waals surface area contributed by atoms with Crippen LogP contribution in [-0.4, -0.2) is 7.11 Å². The van der Waals surface area contributed by atoms with E-state index in [4.69, 9.17) is 4.74 Å². The summed E-state index contributed by atoms with van der Waals surface area (Å²) in [7, 11) is 1.68. The van der Waals surface area contributed by atoms with E-state index < -0.39 is 0 Å². The molecule has 0 unspecified atom stereocenters. The van der Waals surface area contributed by atoms with Crippen molar-refractivity contribution in [3.8, 4) is 5.75 Å². The second kappa shape index (κ2) is 3.24. The summed E-state index contributed by atoms with van der Waals surface area (Å²) in [5.41, 5.74) is 0. The standard InChI is InChI=1S/C10H10OS2/c1-6-3-8-9(12)4-7(11-2)5-10(8)13-6/h3-5,12H,1-2H3. The summed E-state index contributed by atoms with van der Waals surface area (Å²) in [5, 5.41) is 1.21. The van der Waals surface area contributed by atoms with Crippen molar-refractivity contribution in [1.82, 2.24) is 0 Å². The summed E-state index contributed by atoms with van der Waals surface area (Å²) in [6.45, 7) is 2.10. The van der Waals surface area contributed by atoms with E-state index in [2.05, 4.69) is 25.6 Å². The highest BCUT2D eigenvalue weighted by atomic mass is 32.1. The number of methoxy groups -OCH3 is 1. The lowest BCUT2D eigenvalue weighted by Crippen LogP contribution is -1.81. The first-order chi connectivity index (χ1) is 6.20. The number of thiol groups is 1. The minimum atomic E-state index is 0.874. The van der Waals surface area contributed by atoms with Crippen molar-refractivity contribution in [1.29, 1.82) is 0 Å². The van der Waals surface area contributed by atoms with Gasteiger partial charge in [0.2, 0.25) is 0 Å². The van der Waals surface area contributed by atoms with E-state index in [1.807, 2.05) is 12.1 Å². The fourth-order valence-electron chi connectivity index (χ4n) is 1.34. The number of rotatable bonds is 1. The van der Waals surface area contributed by atoms with Crippen molar-refractivity contribution in [2.45, 2.75) is 11.8 Å². The molecule has 0 aliphatic rings. The van der Waals surface area contributed by atoms with Gasteiger partial charge in [-0.2, -0.15) is 0 Å². The van der Waals surface area contributed by atoms with Gasteiger partial charge >= 0.3 is 0 Å². The van der Waals surface area contributed by atoms with Gasteiger partial charge in [-0.05, 0) is 25.1 Å². The SMILES string of the molecule is COc1cc(S)c2cc(C)sc2c1. The molecule has 3 heteroatoms. The Morgan fingerprint density at radius 2 is 2.08 bits per heavy atom. The average molecular weight is 210 g/mol. The molecule has 0 N–H and O–H groups in total. The number of ether oxygens (including phenoxy) is 1. The largest absolute Gasteiger partial charge is 0.497 e. The lowest BCUT2D eigenvalue weighted by atomic mass is 10.2. The number of hydrogen-bond acceptors (Lipinski definition) is 3. The fourth-order valence-corrected chi connectivity index (χ4v) is 2.71. The first-order valence-corrected chi connectivity index (χ1v) is 5.24. The van der Waals surface area contributed by atoms with Crippen LogP contribution in [0.3, 0.4) is 0 Å². The molecule has 0 saturated heterocycles. The molecule has 0 aliphatic heterocycles. The van der Waals surface area contributed by atoms with Crippen LogP contribution in [0, 0.1) is 6.92 Å². The number of hydrogen-bond donors (Lipinski definition) is 1. The minimum absolute atomic E-state index is 0.874. The van der Waals surface area contributed by atoms with E-state index in [1.165, 1.54) is 15.0 Å². The summed E-state index contributed by atoms with van der Waals surface area (Å²) < 4.78 is 6.41. The number of fused-ring (bicyclic) bond motifs is 1. The van der Waals surface area contributed by atoms with Gasteiger partial charge in [0.05, 0.1) is 7.11 Å². The third kappa shape index (κ3) is 1.54. The van der Waals surface area contributed by atoms with Crippen molar-refractivity contribution < 1.29 is 4.74 Å². The van der Waals surface area contributed by atoms with Gasteiger partial charge in [-0.15, -0.1) is 24.0 Å². The zero-order valence-corrected chi connectivity index (χ0v) is 9.21. The van der Waals surface area contributed by atoms with Gasteiger partial charge in [0.25, 0.3) is 0 Å². The first-order valence-electron chi connectivity index (χ1n) is 3.98. The van der Waals surface area contributed by atoms with Gasteiger partial charge in [-0.25, -0.2) is 0 Å². The van der Waals surface area contributed by atoms with E-state index in [0.29, 0.717) is 0 Å². The second-order valence-electron chi connectivity index (χ2n) is 2.92. The van der Waals surface area contributed by atoms with Crippen LogP contribution in [0.2, 0.25) is 0 Å². The quantitative estimate of drug-likeness (QED) is 0.709. The summed E-state index contributed by atoms with van der Waals surface area (Å²) in [5.74, 6) is 0.874. The van der Waals surface area contributed by atoms with Crippen molar-refractivity contribution in [2.75, 3.05) is 7.11 Å². The Labute approximate surface area is 86.8 Å². The van der Waals surface area contributed by atoms with Crippen LogP contribution in [0.1, 0.15) is 4.88 Å². The maximum Gasteiger partial charge on any atom is 0.121 e. The van der Waals surface area contributed by atoms with Crippen LogP contribution in [0.15, 0.2) is 23.1 Å². The first kappa shape index (κ1) is 8.91. The van der Waals surface area contributed by atoms with E-state index in [9.17, 15) is 0 Å². The molecule has 0 radical (unpaired) electrons. The predicted molar refractivity (Wildman–Crippen MR) is 60.4 cm³/mol. The monoisotopic (exact) mass is 210 g/mol. The maximum atomic E-state index is 5.17. The van der Waals surface area contributed by atoms with Gasteiger partial charge in [-0.3, -0.25) is 0 Å². The molecule has 1 aromatic heterocycles. The highest BCUT2D eigenvalue weighted by Crippen LogP contribution is 2.33. The summed E-state index contributed by atoms with van der Waals surface area (Å²) in [6.07, 6.45) is 0. The maximum absolute atomic E-state index is 5.17. The van der Waals surface area contributed by atoms with Gasteiger partial charge in [-0.1, -0.05) is 0 Å². The lowest BCUT2D eigenvalue weighted by molar-refractivity contribution is 0.414. The molecule has 0 atom stereocenters. The highest BCUT2D eigenvalue weighted by molar-refractivity contribution is 7.80. The molecule has 0 amide bonds. The molecule has 0 aliphatic carbocycles. The number of benzene rings is 1. The summed E-state index contributed by atoms with van der Waals surface area (Å²) in [6, 6.07) is 6.14. The molecule has 0 spiro atoms. The molecule has 0 saturated carbocycles. The van der Waals surface area contributed by atoms with Crippen LogP contribution in [0.4, 0.5) is 0 Å². The average Bonchev–Trinajstić information content (AvgIpc) is 2.46. The predicted octanol–water partition coefficient (Wildman–Crippen LogP) is 3.51. The third-order valence-electron chi connectivity index (χ3n) is 1.95. The molecule has 0 fully saturated rings. The van der Waals surface area contributed by atoms with Crippen LogP contribution in [-0.2, 0) is 0 Å². The van der Waals surface area contributed by atoms with Crippen LogP contribution < -0.4 is 4.74 Å². The smallest absolute Gasteiger partial charge is 0.121 e. The van der Waals surface area contributed by atoms with Crippen molar-refractivity contribution in [3.63, 3.8) is 0 Å². The number of thiophene rings is 1. The summed E-state index contributed by atoms with van der Waals surface area (Å²) in [4.78, 5) is 2.29. The minimum Gasteiger partial charge on any atom is -0.497 e. The highest BCUT2D eigenvalue weighted by Gasteiger charge is 2.04. The molecule has 1 aromatic carbocycles. The molecule has 1 heterocycles. The van der Waals surface area contributed by atoms with Crippen LogP contribution in [0.5, 0.6) is 5.75 Å². The molecule has 1 nitrogen and oxygen atoms in total. The molecular weight excluding hydrogens is 200 g/mol. The van der Waals surface area contributed by atoms with Gasteiger partial charge < -0.3 is 4.74 Å². The lowest BCUT2D eigenvalue weighted by Gasteiger charge is -2.01. The zero-order valence-electron chi connectivity index (χ0n) is 7.50. The molecule has 13 heavy (non-hydrogen) atoms. The van der Waals surface area contributed by atoms with Crippen molar-refractivity contribution >= 4 is 34.1 Å². The number of aryl methyl sites for hydroxylation is 1. The molecular formula is C10H10OS2. The van der Waals surface area contributed by atoms with Crippen molar-refractivity contribution in [2.24, 2.45) is 0 Å². The Balaban J connectivity index is 2.75. The second-order valence-corrected chi connectivity index (χ2v) is 4.69. The molecule has 2 aromatic rings. The Morgan fingerprint density at radius 1 is 1.31 bits per heavy atom. The molecule has 68 valence electrons. The third-order valence-corrected chi connectivity index (χ3v) is 3.32. The Morgan fingerprint density at radius 3 is 2.77 bits per heavy atom. The van der Waals surface area contributed by atoms with E-state index in [1.54, 1.807) is 18.4 Å². The van der Waals surface area contributed by atoms with Gasteiger partial charge in [0.15, 0.2) is 0 Å². The zero-order chi connectivity index (χ0) is 9.42. The van der Waals surface area contributed by atoms with E-state index in [-0.39, 0.29) is 0 Å². The van der Waals surface area contributed by atoms with Crippen LogP contribution in [0.25, 0.3) is 10.1 Å². The van der Waals surface area contributed by atoms with E-state index >= 15 is 0 Å². The van der Waals surface area contributed by atoms with E-state index in [0.717, 1.165) is 10.6 Å². The van der Waals surface area contributed by atoms with Gasteiger partial charge in [0, 0.05) is 19.9 Å². The Kier molecular flexibility index (Phi) is 2.22. The van der Waals surface area contributed by atoms with Crippen LogP contribution >= 0.6 is 24.0 Å². The Bertz CT molecular complexity index is 445.